The van der Waals surface area contributed by atoms with Crippen LogP contribution in [0, 0.1) is 12.4 Å². The summed E-state index contributed by atoms with van der Waals surface area (Å²) >= 11 is 0. The fraction of sp³-hybridized carbons (Fsp3) is 0.0556. The van der Waals surface area contributed by atoms with Gasteiger partial charge in [-0.3, -0.25) is 4.98 Å². The zero-order valence-corrected chi connectivity index (χ0v) is 12.2. The summed E-state index contributed by atoms with van der Waals surface area (Å²) in [4.78, 5) is 19.2. The van der Waals surface area contributed by atoms with Crippen LogP contribution in [0.2, 0.25) is 0 Å². The lowest BCUT2D eigenvalue weighted by Crippen LogP contribution is -2.01. The number of rotatable bonds is 2. The molecule has 0 aliphatic carbocycles. The molecule has 3 rings (SSSR count). The molecule has 0 fully saturated rings. The molecule has 1 heterocycles. The first-order valence-corrected chi connectivity index (χ1v) is 6.78. The van der Waals surface area contributed by atoms with E-state index >= 15 is 0 Å². The number of benzene rings is 2. The maximum absolute atomic E-state index is 14.0. The van der Waals surface area contributed by atoms with E-state index < -0.39 is 11.8 Å². The van der Waals surface area contributed by atoms with Crippen LogP contribution in [-0.4, -0.2) is 18.1 Å². The summed E-state index contributed by atoms with van der Waals surface area (Å²) in [5, 5.41) is 0.889. The van der Waals surface area contributed by atoms with Gasteiger partial charge in [-0.25, -0.2) is 14.0 Å². The summed E-state index contributed by atoms with van der Waals surface area (Å²) in [6.45, 7) is 6.98. The van der Waals surface area contributed by atoms with Gasteiger partial charge in [-0.15, -0.1) is 0 Å². The second kappa shape index (κ2) is 5.85. The number of hydrogen-bond acceptors (Lipinski definition) is 3. The van der Waals surface area contributed by atoms with Crippen LogP contribution in [0.1, 0.15) is 10.4 Å². The number of esters is 1. The average Bonchev–Trinajstić information content (AvgIpc) is 2.61. The molecule has 5 heteroatoms. The lowest BCUT2D eigenvalue weighted by molar-refractivity contribution is 0.0601. The van der Waals surface area contributed by atoms with Gasteiger partial charge in [0.2, 0.25) is 0 Å². The summed E-state index contributed by atoms with van der Waals surface area (Å²) in [5.74, 6) is -0.955. The lowest BCUT2D eigenvalue weighted by Gasteiger charge is -2.08. The molecule has 0 atom stereocenters. The van der Waals surface area contributed by atoms with Crippen molar-refractivity contribution < 1.29 is 13.9 Å². The van der Waals surface area contributed by atoms with E-state index in [1.165, 1.54) is 19.2 Å². The number of halogens is 1. The summed E-state index contributed by atoms with van der Waals surface area (Å²) < 4.78 is 18.7. The van der Waals surface area contributed by atoms with Crippen molar-refractivity contribution in [1.29, 1.82) is 0 Å². The molecule has 4 nitrogen and oxygen atoms in total. The number of aromatic nitrogens is 1. The normalized spacial score (nSPS) is 10.3. The number of hydrogen-bond donors (Lipinski definition) is 0. The second-order valence-electron chi connectivity index (χ2n) is 4.87. The van der Waals surface area contributed by atoms with E-state index in [-0.39, 0.29) is 0 Å². The SMILES string of the molecule is [C-]#[N+]c1ccc(-c2ncc(F)c3ccc(C(=O)OC)cc23)cc1. The Morgan fingerprint density at radius 2 is 1.91 bits per heavy atom. The quantitative estimate of drug-likeness (QED) is 0.521. The zero-order valence-electron chi connectivity index (χ0n) is 12.2. The molecule has 2 aromatic carbocycles. The minimum atomic E-state index is -0.495. The highest BCUT2D eigenvalue weighted by Crippen LogP contribution is 2.30. The van der Waals surface area contributed by atoms with Crippen molar-refractivity contribution in [3.63, 3.8) is 0 Å². The van der Waals surface area contributed by atoms with E-state index in [2.05, 4.69) is 9.83 Å². The van der Waals surface area contributed by atoms with Crippen molar-refractivity contribution in [2.75, 3.05) is 7.11 Å². The topological polar surface area (TPSA) is 43.5 Å². The van der Waals surface area contributed by atoms with Crippen LogP contribution in [0.3, 0.4) is 0 Å². The van der Waals surface area contributed by atoms with E-state index in [1.807, 2.05) is 0 Å². The van der Waals surface area contributed by atoms with E-state index in [4.69, 9.17) is 11.3 Å². The van der Waals surface area contributed by atoms with Crippen LogP contribution < -0.4 is 0 Å². The Morgan fingerprint density at radius 3 is 2.57 bits per heavy atom. The van der Waals surface area contributed by atoms with E-state index in [0.29, 0.717) is 27.7 Å². The van der Waals surface area contributed by atoms with Gasteiger partial charge >= 0.3 is 5.97 Å². The van der Waals surface area contributed by atoms with Crippen LogP contribution >= 0.6 is 0 Å². The van der Waals surface area contributed by atoms with Gasteiger partial charge in [-0.1, -0.05) is 30.3 Å². The smallest absolute Gasteiger partial charge is 0.337 e. The van der Waals surface area contributed by atoms with Crippen LogP contribution in [0.15, 0.2) is 48.7 Å². The number of ether oxygens (including phenoxy) is 1. The Labute approximate surface area is 132 Å². The minimum Gasteiger partial charge on any atom is -0.465 e. The predicted octanol–water partition coefficient (Wildman–Crippen LogP) is 4.38. The Balaban J connectivity index is 2.24. The molecule has 23 heavy (non-hydrogen) atoms. The van der Waals surface area contributed by atoms with Gasteiger partial charge in [0.15, 0.2) is 5.69 Å². The molecule has 0 saturated heterocycles. The van der Waals surface area contributed by atoms with Gasteiger partial charge in [0.05, 0.1) is 31.1 Å². The fourth-order valence-corrected chi connectivity index (χ4v) is 2.38. The monoisotopic (exact) mass is 306 g/mol. The molecular formula is C18H11FN2O2. The molecule has 0 N–H and O–H groups in total. The van der Waals surface area contributed by atoms with Crippen molar-refractivity contribution in [1.82, 2.24) is 4.98 Å². The molecule has 0 amide bonds. The first-order valence-electron chi connectivity index (χ1n) is 6.78. The maximum Gasteiger partial charge on any atom is 0.337 e. The maximum atomic E-state index is 14.0. The molecule has 1 aromatic heterocycles. The third-order valence-electron chi connectivity index (χ3n) is 3.53. The van der Waals surface area contributed by atoms with Crippen LogP contribution in [0.25, 0.3) is 26.9 Å². The van der Waals surface area contributed by atoms with Gasteiger partial charge in [0, 0.05) is 10.8 Å². The number of fused-ring (bicyclic) bond motifs is 1. The molecule has 0 aliphatic heterocycles. The molecule has 3 aromatic rings. The molecular weight excluding hydrogens is 295 g/mol. The standard InChI is InChI=1S/C18H11FN2O2/c1-20-13-6-3-11(4-7-13)17-15-9-12(18(22)23-2)5-8-14(15)16(19)10-21-17/h3-10H,2H3. The van der Waals surface area contributed by atoms with Crippen LogP contribution in [0.5, 0.6) is 0 Å². The molecule has 112 valence electrons. The van der Waals surface area contributed by atoms with Gasteiger partial charge in [0.25, 0.3) is 0 Å². The Kier molecular flexibility index (Phi) is 3.73. The van der Waals surface area contributed by atoms with Gasteiger partial charge in [0.1, 0.15) is 5.82 Å². The summed E-state index contributed by atoms with van der Waals surface area (Å²) in [6.07, 6.45) is 1.15. The van der Waals surface area contributed by atoms with Gasteiger partial charge in [-0.05, 0) is 17.7 Å². The van der Waals surface area contributed by atoms with Crippen molar-refractivity contribution in [3.8, 4) is 11.3 Å². The average molecular weight is 306 g/mol. The highest BCUT2D eigenvalue weighted by Gasteiger charge is 2.13. The first-order chi connectivity index (χ1) is 11.1. The van der Waals surface area contributed by atoms with E-state index in [9.17, 15) is 9.18 Å². The lowest BCUT2D eigenvalue weighted by atomic mass is 10.0. The highest BCUT2D eigenvalue weighted by atomic mass is 19.1. The molecule has 0 bridgehead atoms. The van der Waals surface area contributed by atoms with Crippen molar-refractivity contribution in [2.45, 2.75) is 0 Å². The number of carbonyl (C=O) groups is 1. The molecule has 0 radical (unpaired) electrons. The molecule has 0 saturated carbocycles. The molecule has 0 spiro atoms. The van der Waals surface area contributed by atoms with Crippen molar-refractivity contribution >= 4 is 22.4 Å². The molecule has 0 unspecified atom stereocenters. The predicted molar refractivity (Wildman–Crippen MR) is 84.7 cm³/mol. The number of methoxy groups -OCH3 is 1. The fourth-order valence-electron chi connectivity index (χ4n) is 2.38. The third kappa shape index (κ3) is 2.62. The number of pyridine rings is 1. The van der Waals surface area contributed by atoms with Crippen LogP contribution in [-0.2, 0) is 4.74 Å². The van der Waals surface area contributed by atoms with E-state index in [0.717, 1.165) is 11.8 Å². The number of nitrogens with zero attached hydrogens (tertiary/aromatic N) is 2. The number of carbonyl (C=O) groups excluding carboxylic acids is 1. The minimum absolute atomic E-state index is 0.325. The Morgan fingerprint density at radius 1 is 1.17 bits per heavy atom. The Bertz CT molecular complexity index is 944. The van der Waals surface area contributed by atoms with Gasteiger partial charge < -0.3 is 4.74 Å². The van der Waals surface area contributed by atoms with E-state index in [1.54, 1.807) is 30.3 Å². The van der Waals surface area contributed by atoms with Crippen molar-refractivity contribution in [2.24, 2.45) is 0 Å². The zero-order chi connectivity index (χ0) is 16.4. The van der Waals surface area contributed by atoms with Gasteiger partial charge in [-0.2, -0.15) is 0 Å². The van der Waals surface area contributed by atoms with Crippen molar-refractivity contribution in [3.05, 3.63) is 71.5 Å². The molecule has 0 aliphatic rings. The second-order valence-corrected chi connectivity index (χ2v) is 4.87. The highest BCUT2D eigenvalue weighted by molar-refractivity contribution is 6.00. The summed E-state index contributed by atoms with van der Waals surface area (Å²) in [5.41, 5.74) is 2.12. The largest absolute Gasteiger partial charge is 0.465 e. The third-order valence-corrected chi connectivity index (χ3v) is 3.53. The summed E-state index contributed by atoms with van der Waals surface area (Å²) in [6, 6.07) is 11.5. The summed E-state index contributed by atoms with van der Waals surface area (Å²) in [7, 11) is 1.29. The Hall–Kier alpha value is -3.26. The van der Waals surface area contributed by atoms with Crippen LogP contribution in [0.4, 0.5) is 10.1 Å². The first kappa shape index (κ1) is 14.7.